The summed E-state index contributed by atoms with van der Waals surface area (Å²) in [5.41, 5.74) is -0.327. The van der Waals surface area contributed by atoms with Gasteiger partial charge in [-0.05, 0) is 37.5 Å². The van der Waals surface area contributed by atoms with Crippen molar-refractivity contribution in [3.8, 4) is 11.5 Å². The number of ether oxygens (including phenoxy) is 2. The lowest BCUT2D eigenvalue weighted by molar-refractivity contribution is -0.0300. The fourth-order valence-electron chi connectivity index (χ4n) is 2.09. The number of nitrogens with one attached hydrogen (secondary N) is 1. The molecule has 1 amide bonds. The molecule has 19 heavy (non-hydrogen) atoms. The Labute approximate surface area is 112 Å². The van der Waals surface area contributed by atoms with Gasteiger partial charge in [-0.1, -0.05) is 0 Å². The molecule has 1 fully saturated rings. The molecule has 0 saturated heterocycles. The highest BCUT2D eigenvalue weighted by atomic mass is 16.5. The summed E-state index contributed by atoms with van der Waals surface area (Å²) < 4.78 is 10.3. The summed E-state index contributed by atoms with van der Waals surface area (Å²) in [6.07, 6.45) is 2.49. The van der Waals surface area contributed by atoms with Gasteiger partial charge in [0, 0.05) is 6.54 Å². The lowest BCUT2D eigenvalue weighted by Gasteiger charge is -2.36. The zero-order chi connectivity index (χ0) is 13.9. The van der Waals surface area contributed by atoms with Crippen LogP contribution >= 0.6 is 0 Å². The van der Waals surface area contributed by atoms with E-state index < -0.39 is 5.60 Å². The highest BCUT2D eigenvalue weighted by molar-refractivity contribution is 5.97. The Hall–Kier alpha value is -1.75. The fraction of sp³-hybridized carbons (Fsp3) is 0.500. The predicted octanol–water partition coefficient (Wildman–Crippen LogP) is 1.35. The first-order valence-corrected chi connectivity index (χ1v) is 6.30. The summed E-state index contributed by atoms with van der Waals surface area (Å²) in [6.45, 7) is 0.270. The monoisotopic (exact) mass is 265 g/mol. The second-order valence-electron chi connectivity index (χ2n) is 4.83. The number of carbonyl (C=O) groups excluding carboxylic acids is 1. The topological polar surface area (TPSA) is 67.8 Å². The van der Waals surface area contributed by atoms with Crippen molar-refractivity contribution < 1.29 is 19.4 Å². The van der Waals surface area contributed by atoms with Gasteiger partial charge in [0.1, 0.15) is 11.5 Å². The Bertz CT molecular complexity index is 469. The molecule has 1 aromatic carbocycles. The summed E-state index contributed by atoms with van der Waals surface area (Å²) >= 11 is 0. The normalized spacial score (nSPS) is 16.4. The lowest BCUT2D eigenvalue weighted by atomic mass is 9.80. The molecule has 1 aliphatic rings. The molecule has 0 atom stereocenters. The molecule has 5 heteroatoms. The molecule has 0 spiro atoms. The third-order valence-electron chi connectivity index (χ3n) is 3.51. The van der Waals surface area contributed by atoms with E-state index in [9.17, 15) is 9.90 Å². The van der Waals surface area contributed by atoms with Crippen LogP contribution in [0.1, 0.15) is 29.6 Å². The van der Waals surface area contributed by atoms with Crippen LogP contribution in [-0.4, -0.2) is 37.4 Å². The first kappa shape index (κ1) is 13.7. The van der Waals surface area contributed by atoms with Gasteiger partial charge >= 0.3 is 0 Å². The maximum absolute atomic E-state index is 12.1. The van der Waals surface area contributed by atoms with E-state index in [1.54, 1.807) is 25.3 Å². The van der Waals surface area contributed by atoms with Gasteiger partial charge in [0.15, 0.2) is 0 Å². The Balaban J connectivity index is 2.08. The molecule has 0 aliphatic heterocycles. The number of carbonyl (C=O) groups is 1. The predicted molar refractivity (Wildman–Crippen MR) is 70.7 cm³/mol. The van der Waals surface area contributed by atoms with E-state index in [1.165, 1.54) is 7.11 Å². The SMILES string of the molecule is COc1ccc(OC)c(C(=O)NCC2(O)CCC2)c1. The van der Waals surface area contributed by atoms with Gasteiger partial charge in [-0.25, -0.2) is 0 Å². The van der Waals surface area contributed by atoms with Gasteiger partial charge in [-0.2, -0.15) is 0 Å². The molecule has 0 bridgehead atoms. The Morgan fingerprint density at radius 2 is 2.11 bits per heavy atom. The highest BCUT2D eigenvalue weighted by Crippen LogP contribution is 2.31. The maximum Gasteiger partial charge on any atom is 0.255 e. The molecule has 0 heterocycles. The van der Waals surface area contributed by atoms with Crippen LogP contribution in [0.2, 0.25) is 0 Å². The lowest BCUT2D eigenvalue weighted by Crippen LogP contribution is -2.47. The number of amides is 1. The molecule has 0 radical (unpaired) electrons. The summed E-state index contributed by atoms with van der Waals surface area (Å²) in [5.74, 6) is 0.809. The Morgan fingerprint density at radius 1 is 1.37 bits per heavy atom. The molecule has 2 N–H and O–H groups in total. The van der Waals surface area contributed by atoms with Gasteiger partial charge in [0.2, 0.25) is 0 Å². The van der Waals surface area contributed by atoms with Crippen molar-refractivity contribution >= 4 is 5.91 Å². The highest BCUT2D eigenvalue weighted by Gasteiger charge is 2.34. The van der Waals surface area contributed by atoms with Crippen molar-refractivity contribution in [2.75, 3.05) is 20.8 Å². The number of benzene rings is 1. The molecule has 1 saturated carbocycles. The number of hydrogen-bond acceptors (Lipinski definition) is 4. The third-order valence-corrected chi connectivity index (χ3v) is 3.51. The van der Waals surface area contributed by atoms with Crippen LogP contribution in [0.5, 0.6) is 11.5 Å². The van der Waals surface area contributed by atoms with Crippen molar-refractivity contribution in [2.24, 2.45) is 0 Å². The van der Waals surface area contributed by atoms with Crippen LogP contribution in [0.4, 0.5) is 0 Å². The van der Waals surface area contributed by atoms with E-state index in [0.29, 0.717) is 17.1 Å². The quantitative estimate of drug-likeness (QED) is 0.843. The second-order valence-corrected chi connectivity index (χ2v) is 4.83. The molecule has 1 aromatic rings. The summed E-state index contributed by atoms with van der Waals surface area (Å²) in [4.78, 5) is 12.1. The third kappa shape index (κ3) is 2.98. The molecule has 2 rings (SSSR count). The zero-order valence-corrected chi connectivity index (χ0v) is 11.2. The Morgan fingerprint density at radius 3 is 2.63 bits per heavy atom. The number of rotatable bonds is 5. The molecule has 1 aliphatic carbocycles. The minimum atomic E-state index is -0.734. The first-order valence-electron chi connectivity index (χ1n) is 6.30. The van der Waals surface area contributed by atoms with Crippen molar-refractivity contribution in [1.29, 1.82) is 0 Å². The van der Waals surface area contributed by atoms with Crippen LogP contribution in [-0.2, 0) is 0 Å². The average molecular weight is 265 g/mol. The zero-order valence-electron chi connectivity index (χ0n) is 11.2. The molecule has 5 nitrogen and oxygen atoms in total. The molecule has 0 unspecified atom stereocenters. The van der Waals surface area contributed by atoms with Gasteiger partial charge in [-0.15, -0.1) is 0 Å². The van der Waals surface area contributed by atoms with Crippen LogP contribution in [0.3, 0.4) is 0 Å². The van der Waals surface area contributed by atoms with Crippen LogP contribution < -0.4 is 14.8 Å². The molecular weight excluding hydrogens is 246 g/mol. The van der Waals surface area contributed by atoms with E-state index in [1.807, 2.05) is 0 Å². The molecular formula is C14H19NO4. The van der Waals surface area contributed by atoms with E-state index in [-0.39, 0.29) is 12.5 Å². The van der Waals surface area contributed by atoms with E-state index >= 15 is 0 Å². The van der Waals surface area contributed by atoms with Gasteiger partial charge in [0.05, 0.1) is 25.4 Å². The van der Waals surface area contributed by atoms with Crippen LogP contribution in [0.25, 0.3) is 0 Å². The van der Waals surface area contributed by atoms with Gasteiger partial charge in [-0.3, -0.25) is 4.79 Å². The summed E-state index contributed by atoms with van der Waals surface area (Å²) in [5, 5.41) is 12.7. The van der Waals surface area contributed by atoms with Crippen LogP contribution in [0, 0.1) is 0 Å². The minimum absolute atomic E-state index is 0.268. The van der Waals surface area contributed by atoms with E-state index in [0.717, 1.165) is 19.3 Å². The van der Waals surface area contributed by atoms with Gasteiger partial charge < -0.3 is 19.9 Å². The number of aliphatic hydroxyl groups is 1. The number of hydrogen-bond donors (Lipinski definition) is 2. The second kappa shape index (κ2) is 5.48. The van der Waals surface area contributed by atoms with Gasteiger partial charge in [0.25, 0.3) is 5.91 Å². The average Bonchev–Trinajstić information content (AvgIpc) is 2.41. The van der Waals surface area contributed by atoms with E-state index in [4.69, 9.17) is 9.47 Å². The van der Waals surface area contributed by atoms with Crippen molar-refractivity contribution in [1.82, 2.24) is 5.32 Å². The summed E-state index contributed by atoms with van der Waals surface area (Å²) in [7, 11) is 3.05. The summed E-state index contributed by atoms with van der Waals surface area (Å²) in [6, 6.07) is 5.04. The van der Waals surface area contributed by atoms with Crippen LogP contribution in [0.15, 0.2) is 18.2 Å². The first-order chi connectivity index (χ1) is 9.08. The largest absolute Gasteiger partial charge is 0.497 e. The van der Waals surface area contributed by atoms with Crippen molar-refractivity contribution in [3.63, 3.8) is 0 Å². The minimum Gasteiger partial charge on any atom is -0.497 e. The molecule has 0 aromatic heterocycles. The fourth-order valence-corrected chi connectivity index (χ4v) is 2.09. The maximum atomic E-state index is 12.1. The molecule has 104 valence electrons. The standard InChI is InChI=1S/C14H19NO4/c1-18-10-4-5-12(19-2)11(8-10)13(16)15-9-14(17)6-3-7-14/h4-5,8,17H,3,6-7,9H2,1-2H3,(H,15,16). The van der Waals surface area contributed by atoms with Crippen molar-refractivity contribution in [3.05, 3.63) is 23.8 Å². The van der Waals surface area contributed by atoms with Crippen molar-refractivity contribution in [2.45, 2.75) is 24.9 Å². The number of methoxy groups -OCH3 is 2. The van der Waals surface area contributed by atoms with E-state index in [2.05, 4.69) is 5.32 Å². The smallest absolute Gasteiger partial charge is 0.255 e. The Kier molecular flexibility index (Phi) is 3.95.